The van der Waals surface area contributed by atoms with Crippen LogP contribution in [0.2, 0.25) is 0 Å². The molecule has 0 heterocycles. The Kier molecular flexibility index (Phi) is 3.52. The lowest BCUT2D eigenvalue weighted by Crippen LogP contribution is -1.96. The van der Waals surface area contributed by atoms with Crippen LogP contribution in [0.25, 0.3) is 0 Å². The van der Waals surface area contributed by atoms with Gasteiger partial charge < -0.3 is 10.2 Å². The lowest BCUT2D eigenvalue weighted by atomic mass is 10.2. The fourth-order valence-corrected chi connectivity index (χ4v) is 1.76. The van der Waals surface area contributed by atoms with Crippen molar-refractivity contribution in [1.82, 2.24) is 0 Å². The molecule has 1 saturated carbocycles. The van der Waals surface area contributed by atoms with E-state index in [1.165, 1.54) is 0 Å². The highest BCUT2D eigenvalue weighted by atomic mass is 35.5. The van der Waals surface area contributed by atoms with Crippen LogP contribution in [0.3, 0.4) is 0 Å². The molecule has 12 heavy (non-hydrogen) atoms. The molecule has 1 atom stereocenters. The van der Waals surface area contributed by atoms with Crippen LogP contribution in [0.4, 0.5) is 4.79 Å². The third kappa shape index (κ3) is 2.31. The van der Waals surface area contributed by atoms with Crippen LogP contribution < -0.4 is 0 Å². The minimum Gasteiger partial charge on any atom is -0.450 e. The Morgan fingerprint density at radius 2 is 1.42 bits per heavy atom. The molecule has 0 aromatic rings. The maximum atomic E-state index is 8.56. The predicted molar refractivity (Wildman–Crippen MR) is 48.5 cm³/mol. The highest BCUT2D eigenvalue weighted by Crippen LogP contribution is 2.66. The second-order valence-corrected chi connectivity index (χ2v) is 4.81. The molecule has 0 aromatic heterocycles. The van der Waals surface area contributed by atoms with Gasteiger partial charge in [-0.25, -0.2) is 4.79 Å². The number of alkyl halides is 3. The van der Waals surface area contributed by atoms with Crippen LogP contribution in [-0.4, -0.2) is 26.1 Å². The van der Waals surface area contributed by atoms with E-state index in [0.29, 0.717) is 0 Å². The van der Waals surface area contributed by atoms with Crippen molar-refractivity contribution in [3.05, 3.63) is 0 Å². The van der Waals surface area contributed by atoms with Gasteiger partial charge in [0.1, 0.15) is 4.33 Å². The van der Waals surface area contributed by atoms with Crippen molar-refractivity contribution in [3.8, 4) is 0 Å². The van der Waals surface area contributed by atoms with E-state index in [1.807, 2.05) is 13.8 Å². The molecule has 0 aliphatic heterocycles. The van der Waals surface area contributed by atoms with E-state index in [2.05, 4.69) is 0 Å². The number of hydrogen-bond acceptors (Lipinski definition) is 1. The second-order valence-electron chi connectivity index (χ2n) is 2.99. The van der Waals surface area contributed by atoms with Crippen molar-refractivity contribution < 1.29 is 15.0 Å². The molecule has 1 unspecified atom stereocenters. The van der Waals surface area contributed by atoms with Crippen LogP contribution in [0.5, 0.6) is 0 Å². The van der Waals surface area contributed by atoms with E-state index in [0.717, 1.165) is 0 Å². The molecule has 2 N–H and O–H groups in total. The van der Waals surface area contributed by atoms with Crippen LogP contribution in [0.15, 0.2) is 0 Å². The molecule has 1 fully saturated rings. The topological polar surface area (TPSA) is 57.5 Å². The molecular weight excluding hydrogens is 226 g/mol. The summed E-state index contributed by atoms with van der Waals surface area (Å²) in [6.45, 7) is 3.90. The summed E-state index contributed by atoms with van der Waals surface area (Å²) in [7, 11) is 0. The summed E-state index contributed by atoms with van der Waals surface area (Å²) in [4.78, 5) is 8.56. The molecule has 3 nitrogen and oxygen atoms in total. The van der Waals surface area contributed by atoms with Gasteiger partial charge in [0, 0.05) is 5.41 Å². The van der Waals surface area contributed by atoms with Crippen LogP contribution >= 0.6 is 34.8 Å². The molecule has 0 bridgehead atoms. The van der Waals surface area contributed by atoms with Crippen molar-refractivity contribution in [2.75, 3.05) is 0 Å². The second kappa shape index (κ2) is 3.48. The SMILES string of the molecule is CC1(C)C(Cl)C1(Cl)Cl.O=C(O)O. The molecular formula is C6H9Cl3O3. The third-order valence-corrected chi connectivity index (χ3v) is 4.23. The summed E-state index contributed by atoms with van der Waals surface area (Å²) in [6, 6.07) is 0. The Bertz CT molecular complexity index is 172. The third-order valence-electron chi connectivity index (χ3n) is 1.73. The van der Waals surface area contributed by atoms with Gasteiger partial charge in [-0.05, 0) is 0 Å². The van der Waals surface area contributed by atoms with Gasteiger partial charge in [-0.3, -0.25) is 0 Å². The van der Waals surface area contributed by atoms with Gasteiger partial charge in [0.15, 0.2) is 0 Å². The molecule has 0 radical (unpaired) electrons. The minimum absolute atomic E-state index is 0.0849. The minimum atomic E-state index is -1.83. The summed E-state index contributed by atoms with van der Waals surface area (Å²) in [5, 5.41) is 13.9. The van der Waals surface area contributed by atoms with E-state index in [-0.39, 0.29) is 10.8 Å². The summed E-state index contributed by atoms with van der Waals surface area (Å²) in [5.74, 6) is 0. The smallest absolute Gasteiger partial charge is 0.450 e. The maximum Gasteiger partial charge on any atom is 0.503 e. The summed E-state index contributed by atoms with van der Waals surface area (Å²) in [6.07, 6.45) is -1.83. The van der Waals surface area contributed by atoms with Crippen molar-refractivity contribution >= 4 is 41.0 Å². The zero-order valence-corrected chi connectivity index (χ0v) is 8.78. The van der Waals surface area contributed by atoms with Gasteiger partial charge in [-0.2, -0.15) is 0 Å². The van der Waals surface area contributed by atoms with Gasteiger partial charge in [0.2, 0.25) is 0 Å². The Morgan fingerprint density at radius 3 is 1.42 bits per heavy atom. The fraction of sp³-hybridized carbons (Fsp3) is 0.833. The quantitative estimate of drug-likeness (QED) is 0.635. The summed E-state index contributed by atoms with van der Waals surface area (Å²) >= 11 is 17.1. The van der Waals surface area contributed by atoms with E-state index in [1.54, 1.807) is 0 Å². The maximum absolute atomic E-state index is 8.56. The van der Waals surface area contributed by atoms with Crippen LogP contribution in [0, 0.1) is 5.41 Å². The monoisotopic (exact) mass is 234 g/mol. The Morgan fingerprint density at radius 1 is 1.33 bits per heavy atom. The summed E-state index contributed by atoms with van der Waals surface area (Å²) < 4.78 is -0.686. The first-order valence-corrected chi connectivity index (χ1v) is 4.27. The van der Waals surface area contributed by atoms with Crippen molar-refractivity contribution in [2.24, 2.45) is 5.41 Å². The lowest BCUT2D eigenvalue weighted by Gasteiger charge is -1.98. The molecule has 0 amide bonds. The Labute approximate surface area is 85.2 Å². The molecule has 1 aliphatic carbocycles. The van der Waals surface area contributed by atoms with E-state index in [4.69, 9.17) is 49.8 Å². The Balaban J connectivity index is 0.000000261. The van der Waals surface area contributed by atoms with Gasteiger partial charge in [0.25, 0.3) is 0 Å². The van der Waals surface area contributed by atoms with Crippen molar-refractivity contribution in [3.63, 3.8) is 0 Å². The molecule has 1 aliphatic rings. The van der Waals surface area contributed by atoms with Crippen LogP contribution in [-0.2, 0) is 0 Å². The Hall–Kier alpha value is 0.140. The molecule has 0 aromatic carbocycles. The average Bonchev–Trinajstić information content (AvgIpc) is 2.12. The largest absolute Gasteiger partial charge is 0.503 e. The van der Waals surface area contributed by atoms with Gasteiger partial charge in [0.05, 0.1) is 5.38 Å². The number of rotatable bonds is 0. The number of carbonyl (C=O) groups is 1. The van der Waals surface area contributed by atoms with E-state index >= 15 is 0 Å². The van der Waals surface area contributed by atoms with Crippen molar-refractivity contribution in [2.45, 2.75) is 23.6 Å². The zero-order valence-electron chi connectivity index (χ0n) is 6.51. The zero-order chi connectivity index (χ0) is 10.2. The summed E-state index contributed by atoms with van der Waals surface area (Å²) in [5.41, 5.74) is -0.0995. The lowest BCUT2D eigenvalue weighted by molar-refractivity contribution is 0.137. The molecule has 0 spiro atoms. The molecule has 6 heteroatoms. The molecule has 72 valence electrons. The van der Waals surface area contributed by atoms with Gasteiger partial charge in [-0.1, -0.05) is 37.0 Å². The first-order chi connectivity index (χ1) is 5.14. The highest BCUT2D eigenvalue weighted by molar-refractivity contribution is 6.57. The molecule has 1 rings (SSSR count). The van der Waals surface area contributed by atoms with Gasteiger partial charge in [-0.15, -0.1) is 11.6 Å². The van der Waals surface area contributed by atoms with Gasteiger partial charge >= 0.3 is 6.16 Å². The standard InChI is InChI=1S/C5H7Cl3.CH2O3/c1-4(2)3(6)5(4,7)8;2-1(3)4/h3H,1-2H3;(H2,2,3,4). The first-order valence-electron chi connectivity index (χ1n) is 3.07. The first kappa shape index (κ1) is 12.1. The normalized spacial score (nSPS) is 28.2. The van der Waals surface area contributed by atoms with E-state index in [9.17, 15) is 0 Å². The number of carboxylic acid groups (broad SMARTS) is 2. The number of hydrogen-bond donors (Lipinski definition) is 2. The fourth-order valence-electron chi connectivity index (χ4n) is 0.599. The van der Waals surface area contributed by atoms with E-state index < -0.39 is 10.5 Å². The van der Waals surface area contributed by atoms with Crippen LogP contribution in [0.1, 0.15) is 13.8 Å². The van der Waals surface area contributed by atoms with Crippen molar-refractivity contribution in [1.29, 1.82) is 0 Å². The number of halogens is 3. The molecule has 0 saturated heterocycles. The average molecular weight is 235 g/mol. The predicted octanol–water partition coefficient (Wildman–Crippen LogP) is 3.03. The highest BCUT2D eigenvalue weighted by Gasteiger charge is 2.69.